The van der Waals surface area contributed by atoms with Crippen LogP contribution in [-0.4, -0.2) is 44.0 Å². The van der Waals surface area contributed by atoms with Crippen LogP contribution in [0.4, 0.5) is 11.4 Å². The molecule has 4 aromatic rings. The summed E-state index contributed by atoms with van der Waals surface area (Å²) >= 11 is 1.17. The number of nitrogens with zero attached hydrogens (tertiary/aromatic N) is 4. The van der Waals surface area contributed by atoms with Crippen LogP contribution in [0, 0.1) is 0 Å². The number of nitrogens with one attached hydrogen (secondary N) is 2. The molecule has 0 aliphatic rings. The van der Waals surface area contributed by atoms with Crippen LogP contribution < -0.4 is 15.8 Å². The summed E-state index contributed by atoms with van der Waals surface area (Å²) in [5.74, 6) is -0.0637. The van der Waals surface area contributed by atoms with Gasteiger partial charge in [0.1, 0.15) is 5.39 Å². The number of para-hydroxylation sites is 1. The van der Waals surface area contributed by atoms with Crippen molar-refractivity contribution in [3.8, 4) is 5.69 Å². The van der Waals surface area contributed by atoms with Gasteiger partial charge in [0.15, 0.2) is 10.8 Å². The Hall–Kier alpha value is -3.59. The van der Waals surface area contributed by atoms with Crippen LogP contribution in [0.5, 0.6) is 0 Å². The lowest BCUT2D eigenvalue weighted by molar-refractivity contribution is -0.113. The number of amides is 1. The van der Waals surface area contributed by atoms with Gasteiger partial charge in [-0.15, -0.1) is 0 Å². The summed E-state index contributed by atoms with van der Waals surface area (Å²) in [5.41, 5.74) is 2.82. The van der Waals surface area contributed by atoms with Crippen molar-refractivity contribution in [2.45, 2.75) is 32.0 Å². The van der Waals surface area contributed by atoms with E-state index in [4.69, 9.17) is 0 Å². The van der Waals surface area contributed by atoms with E-state index in [1.165, 1.54) is 18.0 Å². The van der Waals surface area contributed by atoms with E-state index in [0.29, 0.717) is 22.2 Å². The summed E-state index contributed by atoms with van der Waals surface area (Å²) in [6.07, 6.45) is 1.50. The molecule has 0 unspecified atom stereocenters. The monoisotopic (exact) mass is 462 g/mol. The Morgan fingerprint density at radius 1 is 1.15 bits per heavy atom. The molecule has 0 saturated carbocycles. The SMILES string of the molecule is CCN(c1ccc(NC(=O)CSc2nc3c(cnn3-c3ccccc3)c(=O)[nH]2)cc1)C(C)C. The number of hydrogen-bond acceptors (Lipinski definition) is 6. The number of anilines is 2. The average molecular weight is 463 g/mol. The van der Waals surface area contributed by atoms with Crippen molar-refractivity contribution in [1.82, 2.24) is 19.7 Å². The number of benzene rings is 2. The Kier molecular flexibility index (Phi) is 6.79. The predicted octanol–water partition coefficient (Wildman–Crippen LogP) is 4.07. The maximum Gasteiger partial charge on any atom is 0.262 e. The molecule has 2 N–H and O–H groups in total. The molecule has 2 aromatic heterocycles. The number of H-pyrrole nitrogens is 1. The smallest absolute Gasteiger partial charge is 0.262 e. The Balaban J connectivity index is 1.44. The molecule has 0 atom stereocenters. The van der Waals surface area contributed by atoms with Gasteiger partial charge in [0.2, 0.25) is 5.91 Å². The van der Waals surface area contributed by atoms with Gasteiger partial charge in [-0.1, -0.05) is 30.0 Å². The maximum atomic E-state index is 12.5. The normalized spacial score (nSPS) is 11.2. The number of fused-ring (bicyclic) bond motifs is 1. The summed E-state index contributed by atoms with van der Waals surface area (Å²) in [6, 6.07) is 17.7. The van der Waals surface area contributed by atoms with E-state index in [1.54, 1.807) is 4.68 Å². The van der Waals surface area contributed by atoms with Crippen LogP contribution in [0.2, 0.25) is 0 Å². The fourth-order valence-corrected chi connectivity index (χ4v) is 4.29. The molecular weight excluding hydrogens is 436 g/mol. The van der Waals surface area contributed by atoms with Crippen molar-refractivity contribution in [3.05, 3.63) is 71.1 Å². The molecule has 0 bridgehead atoms. The summed E-state index contributed by atoms with van der Waals surface area (Å²) in [4.78, 5) is 34.5. The van der Waals surface area contributed by atoms with Gasteiger partial charge in [0.05, 0.1) is 17.6 Å². The molecule has 0 aliphatic carbocycles. The molecule has 2 heterocycles. The summed E-state index contributed by atoms with van der Waals surface area (Å²) < 4.78 is 1.62. The number of carbonyl (C=O) groups excluding carboxylic acids is 1. The van der Waals surface area contributed by atoms with Crippen molar-refractivity contribution in [2.75, 3.05) is 22.5 Å². The lowest BCUT2D eigenvalue weighted by Crippen LogP contribution is -2.30. The molecule has 0 radical (unpaired) electrons. The highest BCUT2D eigenvalue weighted by Gasteiger charge is 2.13. The third-order valence-electron chi connectivity index (χ3n) is 5.20. The third kappa shape index (κ3) is 5.09. The number of thioether (sulfide) groups is 1. The lowest BCUT2D eigenvalue weighted by Gasteiger charge is -2.27. The molecule has 0 aliphatic heterocycles. The van der Waals surface area contributed by atoms with Crippen LogP contribution in [-0.2, 0) is 4.79 Å². The minimum Gasteiger partial charge on any atom is -0.369 e. The number of aromatic nitrogens is 4. The van der Waals surface area contributed by atoms with E-state index >= 15 is 0 Å². The molecule has 2 aromatic carbocycles. The highest BCUT2D eigenvalue weighted by Crippen LogP contribution is 2.21. The highest BCUT2D eigenvalue weighted by atomic mass is 32.2. The second-order valence-corrected chi connectivity index (χ2v) is 8.73. The maximum absolute atomic E-state index is 12.5. The second kappa shape index (κ2) is 9.91. The molecular formula is C24H26N6O2S. The Morgan fingerprint density at radius 3 is 2.55 bits per heavy atom. The van der Waals surface area contributed by atoms with Crippen LogP contribution in [0.25, 0.3) is 16.7 Å². The van der Waals surface area contributed by atoms with Crippen molar-refractivity contribution < 1.29 is 4.79 Å². The van der Waals surface area contributed by atoms with E-state index in [9.17, 15) is 9.59 Å². The van der Waals surface area contributed by atoms with Gasteiger partial charge < -0.3 is 15.2 Å². The molecule has 8 nitrogen and oxygen atoms in total. The zero-order valence-electron chi connectivity index (χ0n) is 18.8. The molecule has 170 valence electrons. The minimum absolute atomic E-state index is 0.114. The summed E-state index contributed by atoms with van der Waals surface area (Å²) in [5, 5.41) is 7.96. The zero-order chi connectivity index (χ0) is 23.4. The van der Waals surface area contributed by atoms with Gasteiger partial charge in [-0.25, -0.2) is 9.67 Å². The van der Waals surface area contributed by atoms with E-state index in [1.807, 2.05) is 54.6 Å². The first-order chi connectivity index (χ1) is 16.0. The molecule has 0 saturated heterocycles. The topological polar surface area (TPSA) is 95.9 Å². The van der Waals surface area contributed by atoms with Gasteiger partial charge in [-0.2, -0.15) is 5.10 Å². The molecule has 9 heteroatoms. The number of aromatic amines is 1. The van der Waals surface area contributed by atoms with Crippen molar-refractivity contribution >= 4 is 40.1 Å². The van der Waals surface area contributed by atoms with Gasteiger partial charge in [0.25, 0.3) is 5.56 Å². The third-order valence-corrected chi connectivity index (χ3v) is 6.08. The first-order valence-electron chi connectivity index (χ1n) is 10.8. The Bertz CT molecular complexity index is 1300. The zero-order valence-corrected chi connectivity index (χ0v) is 19.6. The molecule has 1 amide bonds. The molecule has 0 spiro atoms. The number of hydrogen-bond donors (Lipinski definition) is 2. The Morgan fingerprint density at radius 2 is 1.88 bits per heavy atom. The fourth-order valence-electron chi connectivity index (χ4n) is 3.64. The standard InChI is InChI=1S/C24H26N6O2S/c1-4-29(16(2)3)18-12-10-17(11-13-18)26-21(31)15-33-24-27-22-20(23(32)28-24)14-25-30(22)19-8-6-5-7-9-19/h5-14,16H,4,15H2,1-3H3,(H,26,31)(H,27,28,32). The number of rotatable bonds is 8. The average Bonchev–Trinajstić information content (AvgIpc) is 3.24. The highest BCUT2D eigenvalue weighted by molar-refractivity contribution is 7.99. The minimum atomic E-state index is -0.286. The van der Waals surface area contributed by atoms with E-state index in [0.717, 1.165) is 23.6 Å². The number of carbonyl (C=O) groups is 1. The van der Waals surface area contributed by atoms with E-state index < -0.39 is 0 Å². The quantitative estimate of drug-likeness (QED) is 0.303. The summed E-state index contributed by atoms with van der Waals surface area (Å²) in [7, 11) is 0. The van der Waals surface area contributed by atoms with Crippen molar-refractivity contribution in [3.63, 3.8) is 0 Å². The largest absolute Gasteiger partial charge is 0.369 e. The molecule has 33 heavy (non-hydrogen) atoms. The van der Waals surface area contributed by atoms with Crippen molar-refractivity contribution in [1.29, 1.82) is 0 Å². The fraction of sp³-hybridized carbons (Fsp3) is 0.250. The van der Waals surface area contributed by atoms with Crippen molar-refractivity contribution in [2.24, 2.45) is 0 Å². The second-order valence-electron chi connectivity index (χ2n) is 7.76. The van der Waals surface area contributed by atoms with Crippen LogP contribution >= 0.6 is 11.8 Å². The van der Waals surface area contributed by atoms with Crippen LogP contribution in [0.15, 0.2) is 70.7 Å². The first kappa shape index (κ1) is 22.6. The van der Waals surface area contributed by atoms with Gasteiger partial charge in [-0.3, -0.25) is 9.59 Å². The van der Waals surface area contributed by atoms with E-state index in [2.05, 4.69) is 46.1 Å². The molecule has 4 rings (SSSR count). The summed E-state index contributed by atoms with van der Waals surface area (Å²) in [6.45, 7) is 7.34. The predicted molar refractivity (Wildman–Crippen MR) is 133 cm³/mol. The van der Waals surface area contributed by atoms with Gasteiger partial charge >= 0.3 is 0 Å². The van der Waals surface area contributed by atoms with Crippen LogP contribution in [0.1, 0.15) is 20.8 Å². The Labute approximate surface area is 196 Å². The molecule has 0 fully saturated rings. The van der Waals surface area contributed by atoms with Crippen LogP contribution in [0.3, 0.4) is 0 Å². The lowest BCUT2D eigenvalue weighted by atomic mass is 10.2. The van der Waals surface area contributed by atoms with Gasteiger partial charge in [0, 0.05) is 24.0 Å². The first-order valence-corrected chi connectivity index (χ1v) is 11.8. The van der Waals surface area contributed by atoms with E-state index in [-0.39, 0.29) is 17.2 Å². The van der Waals surface area contributed by atoms with Gasteiger partial charge in [-0.05, 0) is 57.2 Å².